The highest BCUT2D eigenvalue weighted by Crippen LogP contribution is 2.31. The first-order chi connectivity index (χ1) is 10.1. The Balaban J connectivity index is 1.78. The zero-order valence-corrected chi connectivity index (χ0v) is 12.2. The SMILES string of the molecule is Cc1ccc(N[C@@]2(C)CC(=O)N(c3ccccc3)O2)cc1. The van der Waals surface area contributed by atoms with Crippen LogP contribution in [0.15, 0.2) is 54.6 Å². The van der Waals surface area contributed by atoms with Crippen LogP contribution in [0.25, 0.3) is 0 Å². The van der Waals surface area contributed by atoms with Gasteiger partial charge in [0.2, 0.25) is 0 Å². The zero-order valence-electron chi connectivity index (χ0n) is 12.2. The van der Waals surface area contributed by atoms with Crippen LogP contribution in [-0.4, -0.2) is 11.6 Å². The molecule has 1 N–H and O–H groups in total. The zero-order chi connectivity index (χ0) is 14.9. The van der Waals surface area contributed by atoms with Crippen molar-refractivity contribution in [2.75, 3.05) is 10.4 Å². The topological polar surface area (TPSA) is 41.6 Å². The van der Waals surface area contributed by atoms with Crippen molar-refractivity contribution in [1.82, 2.24) is 0 Å². The Bertz CT molecular complexity index is 640. The predicted octanol–water partition coefficient (Wildman–Crippen LogP) is 3.49. The van der Waals surface area contributed by atoms with Gasteiger partial charge in [0, 0.05) is 5.69 Å². The summed E-state index contributed by atoms with van der Waals surface area (Å²) >= 11 is 0. The number of aryl methyl sites for hydroxylation is 1. The fraction of sp³-hybridized carbons (Fsp3) is 0.235. The molecule has 0 aliphatic carbocycles. The predicted molar refractivity (Wildman–Crippen MR) is 82.8 cm³/mol. The molecule has 2 aromatic carbocycles. The Kier molecular flexibility index (Phi) is 3.39. The van der Waals surface area contributed by atoms with Gasteiger partial charge in [0.1, 0.15) is 0 Å². The lowest BCUT2D eigenvalue weighted by atomic mass is 10.1. The second-order valence-electron chi connectivity index (χ2n) is 5.51. The van der Waals surface area contributed by atoms with Crippen LogP contribution in [0, 0.1) is 6.92 Å². The van der Waals surface area contributed by atoms with E-state index in [4.69, 9.17) is 4.84 Å². The van der Waals surface area contributed by atoms with Gasteiger partial charge in [0.05, 0.1) is 12.1 Å². The van der Waals surface area contributed by atoms with Gasteiger partial charge in [-0.2, -0.15) is 5.06 Å². The van der Waals surface area contributed by atoms with E-state index in [9.17, 15) is 4.79 Å². The first kappa shape index (κ1) is 13.6. The number of nitrogens with zero attached hydrogens (tertiary/aromatic N) is 1. The maximum Gasteiger partial charge on any atom is 0.255 e. The van der Waals surface area contributed by atoms with Gasteiger partial charge in [-0.25, -0.2) is 4.84 Å². The lowest BCUT2D eigenvalue weighted by Crippen LogP contribution is -2.35. The van der Waals surface area contributed by atoms with Crippen LogP contribution >= 0.6 is 0 Å². The summed E-state index contributed by atoms with van der Waals surface area (Å²) in [4.78, 5) is 18.0. The molecule has 2 aromatic rings. The van der Waals surface area contributed by atoms with Crippen LogP contribution in [0.4, 0.5) is 11.4 Å². The van der Waals surface area contributed by atoms with Crippen molar-refractivity contribution in [1.29, 1.82) is 0 Å². The van der Waals surface area contributed by atoms with Gasteiger partial charge in [0.25, 0.3) is 5.91 Å². The van der Waals surface area contributed by atoms with Crippen LogP contribution in [-0.2, 0) is 9.63 Å². The molecular weight excluding hydrogens is 264 g/mol. The lowest BCUT2D eigenvalue weighted by Gasteiger charge is -2.26. The average Bonchev–Trinajstić information content (AvgIpc) is 2.77. The van der Waals surface area contributed by atoms with Crippen LogP contribution in [0.1, 0.15) is 18.9 Å². The molecule has 0 aromatic heterocycles. The molecule has 1 aliphatic rings. The highest BCUT2D eigenvalue weighted by Gasteiger charge is 2.42. The lowest BCUT2D eigenvalue weighted by molar-refractivity contribution is -0.119. The van der Waals surface area contributed by atoms with Gasteiger partial charge in [-0.1, -0.05) is 35.9 Å². The largest absolute Gasteiger partial charge is 0.355 e. The second-order valence-corrected chi connectivity index (χ2v) is 5.51. The quantitative estimate of drug-likeness (QED) is 0.937. The van der Waals surface area contributed by atoms with Gasteiger partial charge < -0.3 is 5.32 Å². The Morgan fingerprint density at radius 2 is 1.76 bits per heavy atom. The highest BCUT2D eigenvalue weighted by atomic mass is 16.7. The average molecular weight is 282 g/mol. The minimum absolute atomic E-state index is 0.0525. The smallest absolute Gasteiger partial charge is 0.255 e. The van der Waals surface area contributed by atoms with Crippen molar-refractivity contribution in [3.63, 3.8) is 0 Å². The summed E-state index contributed by atoms with van der Waals surface area (Å²) in [6.45, 7) is 3.92. The number of benzene rings is 2. The van der Waals surface area contributed by atoms with Gasteiger partial charge in [0.15, 0.2) is 5.72 Å². The molecule has 0 spiro atoms. The molecule has 1 amide bonds. The summed E-state index contributed by atoms with van der Waals surface area (Å²) in [6.07, 6.45) is 0.287. The van der Waals surface area contributed by atoms with E-state index in [2.05, 4.69) is 5.32 Å². The second kappa shape index (κ2) is 5.22. The van der Waals surface area contributed by atoms with E-state index in [-0.39, 0.29) is 12.3 Å². The maximum absolute atomic E-state index is 12.2. The minimum Gasteiger partial charge on any atom is -0.355 e. The number of para-hydroxylation sites is 1. The Hall–Kier alpha value is -2.33. The molecule has 1 saturated heterocycles. The van der Waals surface area contributed by atoms with Crippen LogP contribution in [0.5, 0.6) is 0 Å². The molecule has 4 heteroatoms. The molecule has 1 heterocycles. The van der Waals surface area contributed by atoms with E-state index in [1.54, 1.807) is 0 Å². The van der Waals surface area contributed by atoms with Crippen LogP contribution < -0.4 is 10.4 Å². The van der Waals surface area contributed by atoms with Crippen molar-refractivity contribution in [2.45, 2.75) is 26.0 Å². The van der Waals surface area contributed by atoms with Gasteiger partial charge in [-0.3, -0.25) is 4.79 Å². The van der Waals surface area contributed by atoms with Crippen LogP contribution in [0.2, 0.25) is 0 Å². The first-order valence-corrected chi connectivity index (χ1v) is 6.98. The van der Waals surface area contributed by atoms with Crippen molar-refractivity contribution < 1.29 is 9.63 Å². The number of amides is 1. The third kappa shape index (κ3) is 2.90. The highest BCUT2D eigenvalue weighted by molar-refractivity contribution is 5.94. The number of hydrogen-bond acceptors (Lipinski definition) is 3. The molecule has 0 bridgehead atoms. The Morgan fingerprint density at radius 1 is 1.10 bits per heavy atom. The number of carbonyl (C=O) groups is 1. The third-order valence-electron chi connectivity index (χ3n) is 3.46. The standard InChI is InChI=1S/C17H18N2O2/c1-13-8-10-14(11-9-13)18-17(2)12-16(20)19(21-17)15-6-4-3-5-7-15/h3-11,18H,12H2,1-2H3/t17-/m1/s1. The molecule has 0 radical (unpaired) electrons. The number of hydrogen-bond donors (Lipinski definition) is 1. The van der Waals surface area contributed by atoms with E-state index in [1.807, 2.05) is 68.4 Å². The van der Waals surface area contributed by atoms with Crippen molar-refractivity contribution in [3.8, 4) is 0 Å². The van der Waals surface area contributed by atoms with Gasteiger partial charge in [-0.15, -0.1) is 0 Å². The molecule has 108 valence electrons. The number of hydroxylamine groups is 1. The van der Waals surface area contributed by atoms with Crippen LogP contribution in [0.3, 0.4) is 0 Å². The molecule has 3 rings (SSSR count). The molecule has 1 aliphatic heterocycles. The summed E-state index contributed by atoms with van der Waals surface area (Å²) in [5, 5.41) is 4.65. The summed E-state index contributed by atoms with van der Waals surface area (Å²) < 4.78 is 0. The summed E-state index contributed by atoms with van der Waals surface area (Å²) in [7, 11) is 0. The molecule has 1 fully saturated rings. The van der Waals surface area contributed by atoms with E-state index in [0.717, 1.165) is 11.4 Å². The number of anilines is 2. The van der Waals surface area contributed by atoms with E-state index < -0.39 is 5.72 Å². The number of nitrogens with one attached hydrogen (secondary N) is 1. The fourth-order valence-corrected chi connectivity index (χ4v) is 2.41. The van der Waals surface area contributed by atoms with Crippen molar-refractivity contribution in [3.05, 3.63) is 60.2 Å². The first-order valence-electron chi connectivity index (χ1n) is 6.98. The molecule has 0 unspecified atom stereocenters. The number of carbonyl (C=O) groups excluding carboxylic acids is 1. The maximum atomic E-state index is 12.2. The van der Waals surface area contributed by atoms with Gasteiger partial charge >= 0.3 is 0 Å². The summed E-state index contributed by atoms with van der Waals surface area (Å²) in [6, 6.07) is 17.4. The molecule has 1 atom stereocenters. The van der Waals surface area contributed by atoms with E-state index >= 15 is 0 Å². The van der Waals surface area contributed by atoms with Crippen molar-refractivity contribution >= 4 is 17.3 Å². The summed E-state index contributed by atoms with van der Waals surface area (Å²) in [5.74, 6) is -0.0525. The Labute approximate surface area is 124 Å². The minimum atomic E-state index is -0.734. The third-order valence-corrected chi connectivity index (χ3v) is 3.46. The number of rotatable bonds is 3. The molecule has 21 heavy (non-hydrogen) atoms. The normalized spacial score (nSPS) is 21.6. The summed E-state index contributed by atoms with van der Waals surface area (Å²) in [5.41, 5.74) is 2.14. The van der Waals surface area contributed by atoms with E-state index in [0.29, 0.717) is 0 Å². The molecule has 0 saturated carbocycles. The molecule has 4 nitrogen and oxygen atoms in total. The Morgan fingerprint density at radius 3 is 2.43 bits per heavy atom. The molecular formula is C17H18N2O2. The van der Waals surface area contributed by atoms with Gasteiger partial charge in [-0.05, 0) is 38.1 Å². The van der Waals surface area contributed by atoms with Crippen molar-refractivity contribution in [2.24, 2.45) is 0 Å². The monoisotopic (exact) mass is 282 g/mol. The van der Waals surface area contributed by atoms with E-state index in [1.165, 1.54) is 10.6 Å². The fourth-order valence-electron chi connectivity index (χ4n) is 2.41.